The molecule has 0 saturated heterocycles. The van der Waals surface area contributed by atoms with Gasteiger partial charge in [-0.25, -0.2) is 0 Å². The average molecular weight is 247 g/mol. The molecule has 1 aromatic rings. The van der Waals surface area contributed by atoms with E-state index in [9.17, 15) is 4.79 Å². The lowest BCUT2D eigenvalue weighted by molar-refractivity contribution is -0.142. The van der Waals surface area contributed by atoms with E-state index in [0.717, 1.165) is 11.1 Å². The van der Waals surface area contributed by atoms with Crippen molar-refractivity contribution in [3.05, 3.63) is 33.3 Å². The summed E-state index contributed by atoms with van der Waals surface area (Å²) in [5.41, 5.74) is 1.68. The number of carbonyl (C=O) groups excluding carboxylic acids is 1. The van der Waals surface area contributed by atoms with E-state index >= 15 is 0 Å². The van der Waals surface area contributed by atoms with Gasteiger partial charge in [-0.1, -0.05) is 29.3 Å². The maximum absolute atomic E-state index is 11.3. The summed E-state index contributed by atoms with van der Waals surface area (Å²) >= 11 is 11.9. The van der Waals surface area contributed by atoms with Crippen LogP contribution in [0, 0.1) is 6.92 Å². The molecule has 0 bridgehead atoms. The van der Waals surface area contributed by atoms with E-state index in [2.05, 4.69) is 0 Å². The van der Waals surface area contributed by atoms with Gasteiger partial charge in [-0.2, -0.15) is 0 Å². The number of aryl methyl sites for hydroxylation is 1. The molecule has 4 heteroatoms. The summed E-state index contributed by atoms with van der Waals surface area (Å²) in [6.07, 6.45) is 0.166. The maximum Gasteiger partial charge on any atom is 0.310 e. The van der Waals surface area contributed by atoms with E-state index in [0.29, 0.717) is 16.7 Å². The highest BCUT2D eigenvalue weighted by molar-refractivity contribution is 6.42. The van der Waals surface area contributed by atoms with Gasteiger partial charge in [0, 0.05) is 0 Å². The van der Waals surface area contributed by atoms with Crippen molar-refractivity contribution >= 4 is 29.2 Å². The van der Waals surface area contributed by atoms with Gasteiger partial charge < -0.3 is 4.74 Å². The number of esters is 1. The molecule has 1 rings (SSSR count). The molecule has 0 spiro atoms. The fraction of sp³-hybridized carbons (Fsp3) is 0.364. The molecule has 82 valence electrons. The maximum atomic E-state index is 11.3. The highest BCUT2D eigenvalue weighted by Gasteiger charge is 2.12. The first-order chi connectivity index (χ1) is 7.06. The first kappa shape index (κ1) is 12.3. The molecule has 2 nitrogen and oxygen atoms in total. The van der Waals surface area contributed by atoms with E-state index < -0.39 is 0 Å². The normalized spacial score (nSPS) is 10.1. The Kier molecular flexibility index (Phi) is 4.43. The van der Waals surface area contributed by atoms with Gasteiger partial charge in [-0.15, -0.1) is 0 Å². The molecule has 15 heavy (non-hydrogen) atoms. The van der Waals surface area contributed by atoms with E-state index in [1.807, 2.05) is 13.0 Å². The monoisotopic (exact) mass is 246 g/mol. The molecule has 0 aliphatic rings. The Bertz CT molecular complexity index is 375. The van der Waals surface area contributed by atoms with Gasteiger partial charge in [0.2, 0.25) is 0 Å². The molecule has 0 heterocycles. The van der Waals surface area contributed by atoms with Crippen LogP contribution >= 0.6 is 23.2 Å². The van der Waals surface area contributed by atoms with Crippen LogP contribution in [0.3, 0.4) is 0 Å². The van der Waals surface area contributed by atoms with Crippen LogP contribution in [0.1, 0.15) is 18.1 Å². The Morgan fingerprint density at radius 1 is 1.40 bits per heavy atom. The van der Waals surface area contributed by atoms with Crippen molar-refractivity contribution in [3.63, 3.8) is 0 Å². The lowest BCUT2D eigenvalue weighted by Crippen LogP contribution is -2.09. The third-order valence-electron chi connectivity index (χ3n) is 2.06. The SMILES string of the molecule is CCOC(=O)Cc1c(C)ccc(Cl)c1Cl. The third kappa shape index (κ3) is 3.11. The zero-order valence-electron chi connectivity index (χ0n) is 8.64. The molecule has 0 aliphatic carbocycles. The lowest BCUT2D eigenvalue weighted by Gasteiger charge is -2.08. The second-order valence-electron chi connectivity index (χ2n) is 3.14. The molecule has 0 unspecified atom stereocenters. The van der Waals surface area contributed by atoms with Gasteiger partial charge in [0.1, 0.15) is 0 Å². The molecule has 0 radical (unpaired) electrons. The van der Waals surface area contributed by atoms with E-state index in [4.69, 9.17) is 27.9 Å². The molecule has 0 fully saturated rings. The van der Waals surface area contributed by atoms with Crippen LogP contribution in [0.25, 0.3) is 0 Å². The molecule has 1 aromatic carbocycles. The average Bonchev–Trinajstić information content (AvgIpc) is 2.19. The van der Waals surface area contributed by atoms with Crippen molar-refractivity contribution in [1.29, 1.82) is 0 Å². The zero-order chi connectivity index (χ0) is 11.4. The largest absolute Gasteiger partial charge is 0.466 e. The van der Waals surface area contributed by atoms with E-state index in [1.54, 1.807) is 13.0 Å². The highest BCUT2D eigenvalue weighted by atomic mass is 35.5. The van der Waals surface area contributed by atoms with Gasteiger partial charge in [-0.3, -0.25) is 4.79 Å². The summed E-state index contributed by atoms with van der Waals surface area (Å²) in [7, 11) is 0. The number of ether oxygens (including phenoxy) is 1. The van der Waals surface area contributed by atoms with Crippen molar-refractivity contribution < 1.29 is 9.53 Å². The van der Waals surface area contributed by atoms with Crippen molar-refractivity contribution in [3.8, 4) is 0 Å². The second kappa shape index (κ2) is 5.38. The molecule has 0 aliphatic heterocycles. The minimum atomic E-state index is -0.287. The van der Waals surface area contributed by atoms with Crippen molar-refractivity contribution in [2.24, 2.45) is 0 Å². The van der Waals surface area contributed by atoms with Gasteiger partial charge in [0.25, 0.3) is 0 Å². The van der Waals surface area contributed by atoms with E-state index in [-0.39, 0.29) is 12.4 Å². The standard InChI is InChI=1S/C11H12Cl2O2/c1-3-15-10(14)6-8-7(2)4-5-9(12)11(8)13/h4-5H,3,6H2,1-2H3. The van der Waals surface area contributed by atoms with Crippen LogP contribution in [-0.4, -0.2) is 12.6 Å². The minimum absolute atomic E-state index is 0.166. The first-order valence-corrected chi connectivity index (χ1v) is 5.41. The van der Waals surface area contributed by atoms with Gasteiger partial charge in [-0.05, 0) is 31.0 Å². The molecule has 0 aromatic heterocycles. The lowest BCUT2D eigenvalue weighted by atomic mass is 10.1. The summed E-state index contributed by atoms with van der Waals surface area (Å²) in [6, 6.07) is 3.55. The van der Waals surface area contributed by atoms with Crippen LogP contribution in [-0.2, 0) is 16.0 Å². The molecule has 0 N–H and O–H groups in total. The van der Waals surface area contributed by atoms with Crippen molar-refractivity contribution in [2.45, 2.75) is 20.3 Å². The Hall–Kier alpha value is -0.730. The smallest absolute Gasteiger partial charge is 0.310 e. The Morgan fingerprint density at radius 2 is 2.07 bits per heavy atom. The fourth-order valence-electron chi connectivity index (χ4n) is 1.26. The molecule has 0 amide bonds. The summed E-state index contributed by atoms with van der Waals surface area (Å²) < 4.78 is 4.86. The van der Waals surface area contributed by atoms with Crippen LogP contribution in [0.2, 0.25) is 10.0 Å². The van der Waals surface area contributed by atoms with Gasteiger partial charge in [0.05, 0.1) is 23.1 Å². The molecule has 0 saturated carbocycles. The van der Waals surface area contributed by atoms with Gasteiger partial charge >= 0.3 is 5.97 Å². The van der Waals surface area contributed by atoms with Crippen LogP contribution in [0.4, 0.5) is 0 Å². The minimum Gasteiger partial charge on any atom is -0.466 e. The second-order valence-corrected chi connectivity index (χ2v) is 3.92. The van der Waals surface area contributed by atoms with Crippen molar-refractivity contribution in [1.82, 2.24) is 0 Å². The molecular formula is C11H12Cl2O2. The zero-order valence-corrected chi connectivity index (χ0v) is 10.2. The summed E-state index contributed by atoms with van der Waals surface area (Å²) in [5, 5.41) is 0.895. The Balaban J connectivity index is 2.93. The van der Waals surface area contributed by atoms with Gasteiger partial charge in [0.15, 0.2) is 0 Å². The summed E-state index contributed by atoms with van der Waals surface area (Å²) in [6.45, 7) is 4.02. The predicted octanol–water partition coefficient (Wildman–Crippen LogP) is 3.41. The predicted molar refractivity (Wildman–Crippen MR) is 61.5 cm³/mol. The van der Waals surface area contributed by atoms with Crippen LogP contribution < -0.4 is 0 Å². The van der Waals surface area contributed by atoms with Crippen LogP contribution in [0.15, 0.2) is 12.1 Å². The van der Waals surface area contributed by atoms with Crippen molar-refractivity contribution in [2.75, 3.05) is 6.61 Å². The topological polar surface area (TPSA) is 26.3 Å². The number of carbonyl (C=O) groups is 1. The summed E-state index contributed by atoms with van der Waals surface area (Å²) in [5.74, 6) is -0.287. The third-order valence-corrected chi connectivity index (χ3v) is 2.90. The number of hydrogen-bond acceptors (Lipinski definition) is 2. The Labute approximate surface area is 99.1 Å². The number of halogens is 2. The summed E-state index contributed by atoms with van der Waals surface area (Å²) in [4.78, 5) is 11.3. The number of rotatable bonds is 3. The highest BCUT2D eigenvalue weighted by Crippen LogP contribution is 2.28. The number of benzene rings is 1. The molecule has 0 atom stereocenters. The van der Waals surface area contributed by atoms with E-state index in [1.165, 1.54) is 0 Å². The quantitative estimate of drug-likeness (QED) is 0.765. The Morgan fingerprint density at radius 3 is 2.67 bits per heavy atom. The fourth-order valence-corrected chi connectivity index (χ4v) is 1.72. The first-order valence-electron chi connectivity index (χ1n) is 4.65. The molecular weight excluding hydrogens is 235 g/mol. The van der Waals surface area contributed by atoms with Crippen LogP contribution in [0.5, 0.6) is 0 Å². The number of hydrogen-bond donors (Lipinski definition) is 0.